The van der Waals surface area contributed by atoms with E-state index < -0.39 is 17.6 Å². The Morgan fingerprint density at radius 1 is 1.18 bits per heavy atom. The number of hydrogen-bond acceptors (Lipinski definition) is 8. The Labute approximate surface area is 256 Å². The highest BCUT2D eigenvalue weighted by atomic mass is 19.4. The molecule has 0 saturated carbocycles. The van der Waals surface area contributed by atoms with E-state index in [9.17, 15) is 18.0 Å². The van der Waals surface area contributed by atoms with Crippen LogP contribution in [0, 0.1) is 6.92 Å². The Hall–Kier alpha value is -4.52. The van der Waals surface area contributed by atoms with E-state index in [2.05, 4.69) is 56.1 Å². The van der Waals surface area contributed by atoms with Crippen LogP contribution in [0.15, 0.2) is 67.9 Å². The maximum atomic E-state index is 13.9. The second-order valence-electron chi connectivity index (χ2n) is 10.4. The molecule has 0 atom stereocenters. The second-order valence-corrected chi connectivity index (χ2v) is 10.4. The van der Waals surface area contributed by atoms with Crippen molar-refractivity contribution >= 4 is 48.3 Å². The first-order chi connectivity index (χ1) is 20.9. The van der Waals surface area contributed by atoms with Crippen LogP contribution in [0.25, 0.3) is 0 Å². The van der Waals surface area contributed by atoms with Gasteiger partial charge >= 0.3 is 12.2 Å². The highest BCUT2D eigenvalue weighted by Crippen LogP contribution is 2.35. The number of allylic oxidation sites excluding steroid dienone is 1. The van der Waals surface area contributed by atoms with Crippen LogP contribution in [0.3, 0.4) is 0 Å². The van der Waals surface area contributed by atoms with Crippen molar-refractivity contribution in [2.24, 2.45) is 20.0 Å². The average molecular weight is 613 g/mol. The third-order valence-electron chi connectivity index (χ3n) is 7.05. The number of benzene rings is 2. The zero-order chi connectivity index (χ0) is 32.4. The second kappa shape index (κ2) is 15.3. The SMILES string of the molecule is C=N/C=N\C(Nc1cc(C(=O)Nc2cc(N(CC)CCN(C)C(C)C)cc(C(F)(F)F)c2)ccc1C)=C1/CC=NC(OC)=N1. The molecule has 1 aliphatic rings. The van der Waals surface area contributed by atoms with E-state index in [0.717, 1.165) is 17.7 Å². The molecule has 10 nitrogen and oxygen atoms in total. The van der Waals surface area contributed by atoms with Crippen LogP contribution in [0.2, 0.25) is 0 Å². The summed E-state index contributed by atoms with van der Waals surface area (Å²) in [4.78, 5) is 33.7. The molecule has 0 aliphatic carbocycles. The number of amides is 1. The third kappa shape index (κ3) is 9.24. The van der Waals surface area contributed by atoms with Crippen molar-refractivity contribution in [1.82, 2.24) is 4.90 Å². The van der Waals surface area contributed by atoms with Gasteiger partial charge < -0.3 is 25.2 Å². The Balaban J connectivity index is 1.92. The van der Waals surface area contributed by atoms with Crippen molar-refractivity contribution in [3.8, 4) is 0 Å². The van der Waals surface area contributed by atoms with Gasteiger partial charge in [-0.1, -0.05) is 6.07 Å². The van der Waals surface area contributed by atoms with E-state index in [1.54, 1.807) is 30.5 Å². The number of anilines is 3. The number of likely N-dealkylation sites (N-methyl/N-ethyl adjacent to an activating group) is 2. The number of alkyl halides is 3. The molecule has 0 saturated heterocycles. The molecule has 2 aromatic rings. The van der Waals surface area contributed by atoms with Crippen LogP contribution in [-0.2, 0) is 10.9 Å². The number of halogens is 3. The molecule has 1 amide bonds. The van der Waals surface area contributed by atoms with Crippen LogP contribution in [-0.4, -0.2) is 75.9 Å². The molecular weight excluding hydrogens is 573 g/mol. The van der Waals surface area contributed by atoms with E-state index >= 15 is 0 Å². The van der Waals surface area contributed by atoms with Gasteiger partial charge in [0.2, 0.25) is 0 Å². The van der Waals surface area contributed by atoms with Crippen LogP contribution in [0.4, 0.5) is 30.2 Å². The molecule has 13 heteroatoms. The summed E-state index contributed by atoms with van der Waals surface area (Å²) in [6, 6.07) is 8.99. The monoisotopic (exact) mass is 612 g/mol. The zero-order valence-electron chi connectivity index (χ0n) is 25.9. The summed E-state index contributed by atoms with van der Waals surface area (Å²) in [6.07, 6.45) is -1.35. The highest BCUT2D eigenvalue weighted by molar-refractivity contribution is 6.05. The number of carbonyl (C=O) groups excluding carboxylic acids is 1. The van der Waals surface area contributed by atoms with Crippen molar-refractivity contribution in [3.63, 3.8) is 0 Å². The van der Waals surface area contributed by atoms with E-state index in [0.29, 0.717) is 55.0 Å². The van der Waals surface area contributed by atoms with Gasteiger partial charge in [-0.3, -0.25) is 9.79 Å². The fourth-order valence-corrected chi connectivity index (χ4v) is 4.19. The summed E-state index contributed by atoms with van der Waals surface area (Å²) >= 11 is 0. The van der Waals surface area contributed by atoms with Gasteiger partial charge in [-0.25, -0.2) is 9.98 Å². The lowest BCUT2D eigenvalue weighted by Gasteiger charge is -2.29. The minimum atomic E-state index is -4.59. The summed E-state index contributed by atoms with van der Waals surface area (Å²) in [6.45, 7) is 12.9. The molecule has 0 fully saturated rings. The van der Waals surface area contributed by atoms with Crippen molar-refractivity contribution in [3.05, 3.63) is 64.6 Å². The van der Waals surface area contributed by atoms with E-state index in [-0.39, 0.29) is 17.3 Å². The lowest BCUT2D eigenvalue weighted by atomic mass is 10.1. The number of aliphatic imine (C=N–C) groups is 4. The molecule has 3 rings (SSSR count). The number of aryl methyl sites for hydroxylation is 1. The molecule has 0 radical (unpaired) electrons. The van der Waals surface area contributed by atoms with Crippen molar-refractivity contribution in [2.75, 3.05) is 49.3 Å². The van der Waals surface area contributed by atoms with E-state index in [1.165, 1.54) is 13.4 Å². The fourth-order valence-electron chi connectivity index (χ4n) is 4.19. The van der Waals surface area contributed by atoms with Gasteiger partial charge in [0.05, 0.1) is 18.4 Å². The van der Waals surface area contributed by atoms with Gasteiger partial charge in [-0.2, -0.15) is 18.2 Å². The first-order valence-electron chi connectivity index (χ1n) is 14.1. The Kier molecular flexibility index (Phi) is 11.8. The van der Waals surface area contributed by atoms with Gasteiger partial charge in [-0.15, -0.1) is 0 Å². The molecule has 236 valence electrons. The number of ether oxygens (including phenoxy) is 1. The number of rotatable bonds is 12. The summed E-state index contributed by atoms with van der Waals surface area (Å²) < 4.78 is 46.8. The minimum Gasteiger partial charge on any atom is -0.467 e. The van der Waals surface area contributed by atoms with Gasteiger partial charge in [0.1, 0.15) is 6.34 Å². The molecule has 2 N–H and O–H groups in total. The summed E-state index contributed by atoms with van der Waals surface area (Å²) in [5, 5.41) is 5.84. The van der Waals surface area contributed by atoms with Crippen molar-refractivity contribution < 1.29 is 22.7 Å². The number of methoxy groups -OCH3 is 1. The fraction of sp³-hybridized carbons (Fsp3) is 0.387. The highest BCUT2D eigenvalue weighted by Gasteiger charge is 2.32. The molecule has 0 aromatic heterocycles. The zero-order valence-corrected chi connectivity index (χ0v) is 25.9. The number of amidine groups is 1. The molecule has 0 bridgehead atoms. The molecular formula is C31H39F3N8O2. The van der Waals surface area contributed by atoms with Crippen LogP contribution in [0.1, 0.15) is 48.7 Å². The lowest BCUT2D eigenvalue weighted by molar-refractivity contribution is -0.137. The summed E-state index contributed by atoms with van der Waals surface area (Å²) in [5.41, 5.74) is 1.63. The predicted octanol–water partition coefficient (Wildman–Crippen LogP) is 6.22. The largest absolute Gasteiger partial charge is 0.467 e. The topological polar surface area (TPSA) is 106 Å². The smallest absolute Gasteiger partial charge is 0.416 e. The standard InChI is InChI=1S/C31H39F3N8O2/c1-8-42(14-13-41(6)20(2)3)25-17-23(31(32,33)34)16-24(18-25)38-29(43)22-10-9-21(4)27(15-22)39-28(37-19-35-5)26-11-12-36-30(40-26)44-7/h9-10,12,15-20,39H,5,8,11,13-14H2,1-4,6-7H3,(H,38,43)/b28-26-,37-19-. The van der Waals surface area contributed by atoms with Crippen LogP contribution >= 0.6 is 0 Å². The normalized spacial score (nSPS) is 14.6. The van der Waals surface area contributed by atoms with Crippen LogP contribution in [0.5, 0.6) is 0 Å². The van der Waals surface area contributed by atoms with Crippen molar-refractivity contribution in [2.45, 2.75) is 46.3 Å². The third-order valence-corrected chi connectivity index (χ3v) is 7.05. The van der Waals surface area contributed by atoms with Gasteiger partial charge in [-0.05, 0) is 77.4 Å². The number of hydrogen-bond donors (Lipinski definition) is 2. The van der Waals surface area contributed by atoms with E-state index in [1.807, 2.05) is 25.8 Å². The van der Waals surface area contributed by atoms with Gasteiger partial charge in [0.15, 0.2) is 5.82 Å². The Morgan fingerprint density at radius 2 is 1.93 bits per heavy atom. The average Bonchev–Trinajstić information content (AvgIpc) is 2.99. The maximum Gasteiger partial charge on any atom is 0.416 e. The number of nitrogens with zero attached hydrogens (tertiary/aromatic N) is 6. The quantitative estimate of drug-likeness (QED) is 0.219. The summed E-state index contributed by atoms with van der Waals surface area (Å²) in [5.74, 6) is -0.236. The minimum absolute atomic E-state index is 0.0398. The Morgan fingerprint density at radius 3 is 2.57 bits per heavy atom. The van der Waals surface area contributed by atoms with Crippen molar-refractivity contribution in [1.29, 1.82) is 0 Å². The molecule has 0 unspecified atom stereocenters. The van der Waals surface area contributed by atoms with Gasteiger partial charge in [0.25, 0.3) is 5.91 Å². The first-order valence-corrected chi connectivity index (χ1v) is 14.1. The maximum absolute atomic E-state index is 13.9. The Bertz CT molecular complexity index is 1460. The summed E-state index contributed by atoms with van der Waals surface area (Å²) in [7, 11) is 3.42. The number of carbonyl (C=O) groups is 1. The van der Waals surface area contributed by atoms with Gasteiger partial charge in [0, 0.05) is 60.9 Å². The molecule has 1 heterocycles. The lowest BCUT2D eigenvalue weighted by Crippen LogP contribution is -2.36. The first kappa shape index (κ1) is 34.0. The molecule has 2 aromatic carbocycles. The van der Waals surface area contributed by atoms with Crippen LogP contribution < -0.4 is 15.5 Å². The molecule has 1 aliphatic heterocycles. The van der Waals surface area contributed by atoms with E-state index in [4.69, 9.17) is 4.74 Å². The predicted molar refractivity (Wildman–Crippen MR) is 172 cm³/mol. The molecule has 0 spiro atoms. The molecule has 44 heavy (non-hydrogen) atoms. The number of nitrogens with one attached hydrogen (secondary N) is 2.